The molecule has 2 aromatic rings. The van der Waals surface area contributed by atoms with Crippen LogP contribution in [0.1, 0.15) is 32.3 Å². The zero-order valence-electron chi connectivity index (χ0n) is 18.8. The average molecular weight is 425 g/mol. The van der Waals surface area contributed by atoms with Crippen LogP contribution < -0.4 is 24.3 Å². The molecule has 2 aromatic carbocycles. The summed E-state index contributed by atoms with van der Waals surface area (Å²) in [5.74, 6) is 3.05. The lowest BCUT2D eigenvalue weighted by atomic mass is 9.70. The van der Waals surface area contributed by atoms with Crippen molar-refractivity contribution in [2.24, 2.45) is 5.92 Å². The van der Waals surface area contributed by atoms with E-state index in [9.17, 15) is 5.26 Å². The molecule has 2 atom stereocenters. The molecule has 31 heavy (non-hydrogen) atoms. The Hall–Kier alpha value is -2.91. The van der Waals surface area contributed by atoms with E-state index >= 15 is 0 Å². The van der Waals surface area contributed by atoms with Gasteiger partial charge in [0.25, 0.3) is 0 Å². The van der Waals surface area contributed by atoms with Crippen LogP contribution in [-0.4, -0.2) is 40.0 Å². The molecule has 0 aliphatic carbocycles. The Morgan fingerprint density at radius 2 is 1.87 bits per heavy atom. The van der Waals surface area contributed by atoms with E-state index in [1.165, 1.54) is 0 Å². The minimum Gasteiger partial charge on any atom is -0.493 e. The Kier molecular flexibility index (Phi) is 7.64. The summed E-state index contributed by atoms with van der Waals surface area (Å²) < 4.78 is 22.6. The van der Waals surface area contributed by atoms with E-state index < -0.39 is 5.41 Å². The molecule has 166 valence electrons. The van der Waals surface area contributed by atoms with E-state index in [-0.39, 0.29) is 12.0 Å². The zero-order valence-corrected chi connectivity index (χ0v) is 18.8. The van der Waals surface area contributed by atoms with Gasteiger partial charge in [0.15, 0.2) is 23.0 Å². The molecular formula is C25H32N2O4. The van der Waals surface area contributed by atoms with Crippen LogP contribution in [0.5, 0.6) is 23.0 Å². The summed E-state index contributed by atoms with van der Waals surface area (Å²) >= 11 is 0. The standard InChI is InChI=1S/C25H32N2O4/c1-18(2)25(17-26,19-10-11-21(28-3)24(14-19)29-4)12-7-13-27-15-20-16-30-22-8-5-6-9-23(22)31-20/h5-6,8-11,14,18,20,27H,7,12-13,15-16H2,1-4H3/t20-,25-/m0/s1. The Morgan fingerprint density at radius 3 is 2.55 bits per heavy atom. The smallest absolute Gasteiger partial charge is 0.161 e. The first-order valence-electron chi connectivity index (χ1n) is 10.8. The highest BCUT2D eigenvalue weighted by molar-refractivity contribution is 5.47. The van der Waals surface area contributed by atoms with Gasteiger partial charge < -0.3 is 24.3 Å². The Bertz CT molecular complexity index is 909. The van der Waals surface area contributed by atoms with Gasteiger partial charge in [-0.2, -0.15) is 5.26 Å². The van der Waals surface area contributed by atoms with Crippen molar-refractivity contribution in [1.82, 2.24) is 5.32 Å². The second-order valence-corrected chi connectivity index (χ2v) is 8.11. The third-order valence-corrected chi connectivity index (χ3v) is 5.95. The van der Waals surface area contributed by atoms with Crippen LogP contribution in [0.4, 0.5) is 0 Å². The highest BCUT2D eigenvalue weighted by Gasteiger charge is 2.36. The summed E-state index contributed by atoms with van der Waals surface area (Å²) in [6.07, 6.45) is 1.59. The number of nitrogens with one attached hydrogen (secondary N) is 1. The molecule has 1 aliphatic rings. The number of hydrogen-bond acceptors (Lipinski definition) is 6. The van der Waals surface area contributed by atoms with Crippen molar-refractivity contribution in [1.29, 1.82) is 5.26 Å². The molecule has 3 rings (SSSR count). The van der Waals surface area contributed by atoms with Gasteiger partial charge in [0.05, 0.1) is 25.7 Å². The van der Waals surface area contributed by atoms with Crippen molar-refractivity contribution < 1.29 is 18.9 Å². The molecule has 1 aliphatic heterocycles. The van der Waals surface area contributed by atoms with E-state index in [2.05, 4.69) is 25.2 Å². The number of hydrogen-bond donors (Lipinski definition) is 1. The Balaban J connectivity index is 1.57. The maximum Gasteiger partial charge on any atom is 0.161 e. The first-order chi connectivity index (χ1) is 15.0. The number of para-hydroxylation sites is 2. The van der Waals surface area contributed by atoms with Crippen molar-refractivity contribution in [3.05, 3.63) is 48.0 Å². The van der Waals surface area contributed by atoms with Crippen molar-refractivity contribution in [3.8, 4) is 29.1 Å². The van der Waals surface area contributed by atoms with Crippen LogP contribution in [0, 0.1) is 17.2 Å². The summed E-state index contributed by atoms with van der Waals surface area (Å²) in [5, 5.41) is 13.6. The number of methoxy groups -OCH3 is 2. The van der Waals surface area contributed by atoms with Gasteiger partial charge in [-0.15, -0.1) is 0 Å². The van der Waals surface area contributed by atoms with E-state index in [0.29, 0.717) is 24.7 Å². The summed E-state index contributed by atoms with van der Waals surface area (Å²) in [6, 6.07) is 16.1. The topological polar surface area (TPSA) is 72.7 Å². The molecule has 0 unspecified atom stereocenters. The van der Waals surface area contributed by atoms with Crippen LogP contribution in [0.3, 0.4) is 0 Å². The van der Waals surface area contributed by atoms with E-state index in [4.69, 9.17) is 18.9 Å². The molecule has 0 spiro atoms. The number of fused-ring (bicyclic) bond motifs is 1. The van der Waals surface area contributed by atoms with Gasteiger partial charge in [-0.25, -0.2) is 0 Å². The Labute approximate surface area is 185 Å². The van der Waals surface area contributed by atoms with Crippen LogP contribution in [0.2, 0.25) is 0 Å². The van der Waals surface area contributed by atoms with Gasteiger partial charge in [-0.1, -0.05) is 32.0 Å². The highest BCUT2D eigenvalue weighted by atomic mass is 16.6. The molecule has 1 heterocycles. The van der Waals surface area contributed by atoms with E-state index in [1.807, 2.05) is 42.5 Å². The summed E-state index contributed by atoms with van der Waals surface area (Å²) in [5.41, 5.74) is 0.369. The second-order valence-electron chi connectivity index (χ2n) is 8.11. The summed E-state index contributed by atoms with van der Waals surface area (Å²) in [6.45, 7) is 6.22. The molecule has 0 fully saturated rings. The fourth-order valence-electron chi connectivity index (χ4n) is 4.05. The number of rotatable bonds is 10. The van der Waals surface area contributed by atoms with Crippen LogP contribution in [0.25, 0.3) is 0 Å². The average Bonchev–Trinajstić information content (AvgIpc) is 2.80. The quantitative estimate of drug-likeness (QED) is 0.573. The number of nitrogens with zero attached hydrogens (tertiary/aromatic N) is 1. The molecule has 0 amide bonds. The molecule has 0 bridgehead atoms. The molecule has 6 heteroatoms. The Morgan fingerprint density at radius 1 is 1.13 bits per heavy atom. The van der Waals surface area contributed by atoms with E-state index in [0.717, 1.165) is 36.4 Å². The SMILES string of the molecule is COc1ccc([C@](C#N)(CCCNC[C@H]2COc3ccccc3O2)C(C)C)cc1OC. The van der Waals surface area contributed by atoms with Gasteiger partial charge in [0.2, 0.25) is 0 Å². The van der Waals surface area contributed by atoms with Crippen molar-refractivity contribution >= 4 is 0 Å². The highest BCUT2D eigenvalue weighted by Crippen LogP contribution is 2.40. The molecule has 0 radical (unpaired) electrons. The minimum absolute atomic E-state index is 0.0217. The first kappa shape index (κ1) is 22.8. The zero-order chi connectivity index (χ0) is 22.3. The summed E-state index contributed by atoms with van der Waals surface area (Å²) in [7, 11) is 3.23. The van der Waals surface area contributed by atoms with Crippen molar-refractivity contribution in [2.75, 3.05) is 33.9 Å². The van der Waals surface area contributed by atoms with Gasteiger partial charge in [0.1, 0.15) is 12.7 Å². The molecule has 6 nitrogen and oxygen atoms in total. The lowest BCUT2D eigenvalue weighted by Crippen LogP contribution is -2.39. The maximum atomic E-state index is 10.2. The van der Waals surface area contributed by atoms with Gasteiger partial charge >= 0.3 is 0 Å². The molecule has 0 saturated heterocycles. The van der Waals surface area contributed by atoms with Gasteiger partial charge in [0, 0.05) is 6.54 Å². The predicted octanol–water partition coefficient (Wildman–Crippen LogP) is 4.33. The fourth-order valence-corrected chi connectivity index (χ4v) is 4.05. The van der Waals surface area contributed by atoms with Crippen LogP contribution in [-0.2, 0) is 5.41 Å². The minimum atomic E-state index is -0.593. The largest absolute Gasteiger partial charge is 0.493 e. The predicted molar refractivity (Wildman–Crippen MR) is 120 cm³/mol. The third kappa shape index (κ3) is 5.05. The number of nitriles is 1. The third-order valence-electron chi connectivity index (χ3n) is 5.95. The van der Waals surface area contributed by atoms with Crippen LogP contribution >= 0.6 is 0 Å². The maximum absolute atomic E-state index is 10.2. The summed E-state index contributed by atoms with van der Waals surface area (Å²) in [4.78, 5) is 0. The molecule has 0 aromatic heterocycles. The van der Waals surface area contributed by atoms with E-state index in [1.54, 1.807) is 14.2 Å². The molecule has 0 saturated carbocycles. The second kappa shape index (κ2) is 10.4. The fraction of sp³-hybridized carbons (Fsp3) is 0.480. The van der Waals surface area contributed by atoms with Gasteiger partial charge in [-0.05, 0) is 55.1 Å². The molecular weight excluding hydrogens is 392 g/mol. The van der Waals surface area contributed by atoms with Crippen molar-refractivity contribution in [2.45, 2.75) is 38.2 Å². The first-order valence-corrected chi connectivity index (χ1v) is 10.8. The van der Waals surface area contributed by atoms with Crippen LogP contribution in [0.15, 0.2) is 42.5 Å². The normalized spacial score (nSPS) is 17.0. The van der Waals surface area contributed by atoms with Gasteiger partial charge in [-0.3, -0.25) is 0 Å². The lowest BCUT2D eigenvalue weighted by molar-refractivity contribution is 0.0904. The monoisotopic (exact) mass is 424 g/mol. The number of ether oxygens (including phenoxy) is 4. The lowest BCUT2D eigenvalue weighted by Gasteiger charge is -2.32. The molecule has 1 N–H and O–H groups in total. The number of benzene rings is 2. The van der Waals surface area contributed by atoms with Crippen molar-refractivity contribution in [3.63, 3.8) is 0 Å².